The molecule has 1 saturated carbocycles. The maximum Gasteiger partial charge on any atom is 0.328 e. The Morgan fingerprint density at radius 3 is 2.57 bits per heavy atom. The quantitative estimate of drug-likeness (QED) is 0.355. The molecule has 6 rings (SSSR count). The van der Waals surface area contributed by atoms with Crippen LogP contribution in [0.2, 0.25) is 0 Å². The predicted octanol–water partition coefficient (Wildman–Crippen LogP) is 6.34. The Labute approximate surface area is 214 Å². The lowest BCUT2D eigenvalue weighted by molar-refractivity contribution is 0.233. The smallest absolute Gasteiger partial charge is 0.328 e. The summed E-state index contributed by atoms with van der Waals surface area (Å²) in [5.41, 5.74) is 2.76. The van der Waals surface area contributed by atoms with Crippen molar-refractivity contribution in [1.82, 2.24) is 19.9 Å². The summed E-state index contributed by atoms with van der Waals surface area (Å²) in [5.74, 6) is 0.269. The van der Waals surface area contributed by atoms with Gasteiger partial charge in [-0.15, -0.1) is 0 Å². The van der Waals surface area contributed by atoms with E-state index in [9.17, 15) is 13.6 Å². The molecule has 1 unspecified atom stereocenters. The van der Waals surface area contributed by atoms with Crippen LogP contribution in [0.4, 0.5) is 19.4 Å². The lowest BCUT2D eigenvalue weighted by Crippen LogP contribution is -2.39. The largest absolute Gasteiger partial charge is 0.349 e. The summed E-state index contributed by atoms with van der Waals surface area (Å²) >= 11 is 0. The van der Waals surface area contributed by atoms with Crippen LogP contribution in [-0.2, 0) is 0 Å². The number of hydrogen-bond donors (Lipinski definition) is 1. The van der Waals surface area contributed by atoms with Crippen molar-refractivity contribution < 1.29 is 13.6 Å². The molecule has 2 aromatic carbocycles. The highest BCUT2D eigenvalue weighted by atomic mass is 19.1. The molecule has 3 heterocycles. The lowest BCUT2D eigenvalue weighted by atomic mass is 9.82. The number of nitrogens with one attached hydrogen (secondary N) is 1. The zero-order valence-corrected chi connectivity index (χ0v) is 20.5. The molecule has 1 amide bonds. The molecular weight excluding hydrogens is 472 g/mol. The summed E-state index contributed by atoms with van der Waals surface area (Å²) in [6, 6.07) is 17.3. The van der Waals surface area contributed by atoms with Gasteiger partial charge in [0.2, 0.25) is 0 Å². The maximum absolute atomic E-state index is 14.5. The molecule has 8 heteroatoms. The summed E-state index contributed by atoms with van der Waals surface area (Å²) in [7, 11) is 0. The van der Waals surface area contributed by atoms with E-state index < -0.39 is 11.6 Å². The number of hydrogen-bond acceptors (Lipinski definition) is 4. The first kappa shape index (κ1) is 23.6. The van der Waals surface area contributed by atoms with E-state index in [1.807, 2.05) is 23.1 Å². The van der Waals surface area contributed by atoms with Gasteiger partial charge in [-0.25, -0.2) is 28.1 Å². The van der Waals surface area contributed by atoms with Gasteiger partial charge in [-0.05, 0) is 80.3 Å². The molecule has 2 aromatic heterocycles. The van der Waals surface area contributed by atoms with Gasteiger partial charge in [-0.3, -0.25) is 0 Å². The first-order valence-corrected chi connectivity index (χ1v) is 13.0. The third kappa shape index (κ3) is 4.68. The van der Waals surface area contributed by atoms with Gasteiger partial charge in [0.15, 0.2) is 5.65 Å². The molecule has 4 aromatic rings. The lowest BCUT2D eigenvalue weighted by Gasteiger charge is -2.29. The normalized spacial score (nSPS) is 21.9. The molecule has 0 bridgehead atoms. The van der Waals surface area contributed by atoms with E-state index in [1.165, 1.54) is 28.6 Å². The van der Waals surface area contributed by atoms with Crippen molar-refractivity contribution in [2.75, 3.05) is 11.4 Å². The number of anilines is 1. The minimum absolute atomic E-state index is 0.104. The van der Waals surface area contributed by atoms with Crippen molar-refractivity contribution in [3.63, 3.8) is 0 Å². The molecule has 1 aliphatic heterocycles. The van der Waals surface area contributed by atoms with Crippen LogP contribution in [-0.4, -0.2) is 33.2 Å². The second kappa shape index (κ2) is 9.92. The Kier molecular flexibility index (Phi) is 6.32. The van der Waals surface area contributed by atoms with Crippen LogP contribution in [0, 0.1) is 11.6 Å². The molecule has 0 radical (unpaired) electrons. The topological polar surface area (TPSA) is 63.1 Å². The van der Waals surface area contributed by atoms with Crippen LogP contribution in [0.3, 0.4) is 0 Å². The van der Waals surface area contributed by atoms with E-state index in [0.717, 1.165) is 38.2 Å². The Balaban J connectivity index is 1.19. The number of halogens is 2. The van der Waals surface area contributed by atoms with Gasteiger partial charge in [0.1, 0.15) is 29.3 Å². The second-order valence-corrected chi connectivity index (χ2v) is 10.1. The zero-order chi connectivity index (χ0) is 25.4. The molecule has 2 fully saturated rings. The zero-order valence-electron chi connectivity index (χ0n) is 20.5. The van der Waals surface area contributed by atoms with Crippen LogP contribution in [0.15, 0.2) is 67.0 Å². The highest BCUT2D eigenvalue weighted by Crippen LogP contribution is 2.37. The van der Waals surface area contributed by atoms with Crippen LogP contribution in [0.1, 0.15) is 61.6 Å². The number of aromatic nitrogens is 3. The monoisotopic (exact) mass is 501 g/mol. The molecule has 1 saturated heterocycles. The Hall–Kier alpha value is -3.81. The Morgan fingerprint density at radius 2 is 1.76 bits per heavy atom. The number of nitrogens with zero attached hydrogens (tertiary/aromatic N) is 4. The van der Waals surface area contributed by atoms with Crippen molar-refractivity contribution in [3.8, 4) is 0 Å². The number of carbonyl (C=O) groups is 1. The maximum atomic E-state index is 14.5. The number of imidazole rings is 1. The summed E-state index contributed by atoms with van der Waals surface area (Å²) < 4.78 is 29.9. The van der Waals surface area contributed by atoms with Gasteiger partial charge in [-0.1, -0.05) is 30.3 Å². The van der Waals surface area contributed by atoms with Gasteiger partial charge < -0.3 is 10.2 Å². The minimum Gasteiger partial charge on any atom is -0.349 e. The first-order chi connectivity index (χ1) is 18.1. The van der Waals surface area contributed by atoms with Gasteiger partial charge in [0, 0.05) is 18.2 Å². The van der Waals surface area contributed by atoms with Crippen LogP contribution in [0.5, 0.6) is 0 Å². The number of pyridine rings is 1. The van der Waals surface area contributed by atoms with E-state index in [0.29, 0.717) is 41.4 Å². The molecule has 2 aliphatic rings. The van der Waals surface area contributed by atoms with Gasteiger partial charge in [0.05, 0.1) is 6.04 Å². The number of rotatable bonds is 4. The fourth-order valence-electron chi connectivity index (χ4n) is 5.87. The molecule has 1 N–H and O–H groups in total. The number of amides is 1. The third-order valence-corrected chi connectivity index (χ3v) is 7.79. The van der Waals surface area contributed by atoms with Gasteiger partial charge in [0.25, 0.3) is 0 Å². The third-order valence-electron chi connectivity index (χ3n) is 7.79. The van der Waals surface area contributed by atoms with E-state index in [4.69, 9.17) is 4.98 Å². The molecule has 0 spiro atoms. The van der Waals surface area contributed by atoms with Crippen LogP contribution < -0.4 is 10.2 Å². The summed E-state index contributed by atoms with van der Waals surface area (Å²) in [4.78, 5) is 24.3. The van der Waals surface area contributed by atoms with Gasteiger partial charge >= 0.3 is 6.03 Å². The highest BCUT2D eigenvalue weighted by Gasteiger charge is 2.30. The average molecular weight is 502 g/mol. The minimum atomic E-state index is -0.459. The van der Waals surface area contributed by atoms with E-state index in [2.05, 4.69) is 34.6 Å². The number of benzene rings is 2. The molecule has 1 aliphatic carbocycles. The van der Waals surface area contributed by atoms with Crippen LogP contribution >= 0.6 is 0 Å². The predicted molar refractivity (Wildman–Crippen MR) is 139 cm³/mol. The average Bonchev–Trinajstić information content (AvgIpc) is 3.58. The Bertz CT molecular complexity index is 1410. The molecule has 190 valence electrons. The summed E-state index contributed by atoms with van der Waals surface area (Å²) in [6.07, 6.45) is 6.96. The number of fused-ring (bicyclic) bond motifs is 1. The molecule has 37 heavy (non-hydrogen) atoms. The van der Waals surface area contributed by atoms with Crippen LogP contribution in [0.25, 0.3) is 11.2 Å². The highest BCUT2D eigenvalue weighted by molar-refractivity contribution is 5.87. The van der Waals surface area contributed by atoms with E-state index in [-0.39, 0.29) is 18.1 Å². The van der Waals surface area contributed by atoms with Crippen molar-refractivity contribution in [1.29, 1.82) is 0 Å². The summed E-state index contributed by atoms with van der Waals surface area (Å²) in [5, 5.41) is 3.16. The molecular formula is C29H29F2N5O. The standard InChI is InChI=1S/C29H29F2N5O/c30-21-10-13-24(31)23(17-21)26-7-4-16-35(26)27-15-14-25-28(34-27)36(18-32-25)29(37)33-22-11-8-20(9-12-22)19-5-2-1-3-6-19/h1-3,5-6,10,13-15,17-18,20,22,26H,4,7-9,11-12,16H2,(H,33,37). The fourth-order valence-corrected chi connectivity index (χ4v) is 5.87. The van der Waals surface area contributed by atoms with Gasteiger partial charge in [-0.2, -0.15) is 0 Å². The SMILES string of the molecule is O=C(NC1CCC(c2ccccc2)CC1)n1cnc2ccc(N3CCCC3c3cc(F)ccc3F)nc21. The van der Waals surface area contributed by atoms with E-state index >= 15 is 0 Å². The first-order valence-electron chi connectivity index (χ1n) is 13.0. The molecule has 1 atom stereocenters. The fraction of sp³-hybridized carbons (Fsp3) is 0.345. The second-order valence-electron chi connectivity index (χ2n) is 10.1. The van der Waals surface area contributed by atoms with Crippen molar-refractivity contribution >= 4 is 23.0 Å². The Morgan fingerprint density at radius 1 is 0.946 bits per heavy atom. The van der Waals surface area contributed by atoms with Crippen molar-refractivity contribution in [2.24, 2.45) is 0 Å². The van der Waals surface area contributed by atoms with E-state index in [1.54, 1.807) is 0 Å². The number of carbonyl (C=O) groups excluding carboxylic acids is 1. The van der Waals surface area contributed by atoms with Crippen molar-refractivity contribution in [3.05, 3.63) is 89.8 Å². The molecule has 6 nitrogen and oxygen atoms in total. The van der Waals surface area contributed by atoms with Crippen molar-refractivity contribution in [2.45, 2.75) is 56.5 Å². The summed E-state index contributed by atoms with van der Waals surface area (Å²) in [6.45, 7) is 0.671.